The minimum Gasteiger partial charge on any atom is -0.456 e. The molecule has 0 heterocycles. The van der Waals surface area contributed by atoms with Gasteiger partial charge in [0.05, 0.1) is 16.6 Å². The average Bonchev–Trinajstić information content (AvgIpc) is 2.49. The van der Waals surface area contributed by atoms with Gasteiger partial charge in [-0.05, 0) is 46.3 Å². The van der Waals surface area contributed by atoms with Crippen molar-refractivity contribution in [1.29, 1.82) is 0 Å². The van der Waals surface area contributed by atoms with E-state index in [1.165, 1.54) is 24.3 Å². The number of thioether (sulfide) groups is 1. The van der Waals surface area contributed by atoms with Crippen molar-refractivity contribution < 1.29 is 31.8 Å². The highest BCUT2D eigenvalue weighted by Gasteiger charge is 2.30. The van der Waals surface area contributed by atoms with Crippen LogP contribution in [-0.2, 0) is 12.8 Å². The van der Waals surface area contributed by atoms with Crippen LogP contribution >= 0.6 is 27.7 Å². The van der Waals surface area contributed by atoms with Crippen LogP contribution in [-0.4, -0.2) is 10.9 Å². The van der Waals surface area contributed by atoms with Gasteiger partial charge in [-0.1, -0.05) is 17.8 Å². The molecule has 0 aliphatic rings. The number of hydrogen-bond acceptors (Lipinski definition) is 3. The van der Waals surface area contributed by atoms with E-state index in [0.717, 1.165) is 12.1 Å². The summed E-state index contributed by atoms with van der Waals surface area (Å²) in [5.74, 6) is -2.63. The van der Waals surface area contributed by atoms with Gasteiger partial charge in [0.15, 0.2) is 0 Å². The maximum absolute atomic E-state index is 12.7. The lowest BCUT2D eigenvalue weighted by Crippen LogP contribution is -2.04. The first-order valence-corrected chi connectivity index (χ1v) is 8.11. The Morgan fingerprint density at radius 3 is 2.46 bits per heavy atom. The molecule has 9 heteroatoms. The third-order valence-corrected chi connectivity index (χ3v) is 4.61. The van der Waals surface area contributed by atoms with Gasteiger partial charge in [0.2, 0.25) is 0 Å². The Morgan fingerprint density at radius 1 is 1.17 bits per heavy atom. The molecule has 0 unspecified atom stereocenters. The van der Waals surface area contributed by atoms with E-state index in [0.29, 0.717) is 0 Å². The molecule has 0 fully saturated rings. The van der Waals surface area contributed by atoms with E-state index in [1.807, 2.05) is 0 Å². The summed E-state index contributed by atoms with van der Waals surface area (Å²) in [7, 11) is 0. The molecule has 0 amide bonds. The molecule has 0 radical (unpaired) electrons. The van der Waals surface area contributed by atoms with Crippen LogP contribution in [0.2, 0.25) is 0 Å². The second kappa shape index (κ2) is 7.71. The monoisotopic (exact) mass is 428 g/mol. The number of ether oxygens (including phenoxy) is 1. The third-order valence-electron chi connectivity index (χ3n) is 2.93. The number of alkyl halides is 5. The molecular formula is C15H10BrF5O2S. The molecule has 0 aromatic heterocycles. The van der Waals surface area contributed by atoms with E-state index >= 15 is 0 Å². The quantitative estimate of drug-likeness (QED) is 0.463. The van der Waals surface area contributed by atoms with Crippen molar-refractivity contribution in [1.82, 2.24) is 0 Å². The molecule has 0 aliphatic heterocycles. The fourth-order valence-electron chi connectivity index (χ4n) is 1.88. The van der Waals surface area contributed by atoms with Crippen LogP contribution in [0.1, 0.15) is 11.1 Å². The zero-order chi connectivity index (χ0) is 17.9. The highest BCUT2D eigenvalue weighted by atomic mass is 79.9. The molecule has 0 aliphatic carbocycles. The van der Waals surface area contributed by atoms with Crippen molar-refractivity contribution >= 4 is 27.7 Å². The zero-order valence-electron chi connectivity index (χ0n) is 11.8. The van der Waals surface area contributed by atoms with Crippen LogP contribution in [0.3, 0.4) is 0 Å². The summed E-state index contributed by atoms with van der Waals surface area (Å²) in [4.78, 5) is 0.149. The van der Waals surface area contributed by atoms with Crippen LogP contribution in [0.5, 0.6) is 11.5 Å². The minimum atomic E-state index is -4.51. The summed E-state index contributed by atoms with van der Waals surface area (Å²) in [5, 5.41) is 9.36. The van der Waals surface area contributed by atoms with E-state index < -0.39 is 24.1 Å². The fraction of sp³-hybridized carbons (Fsp3) is 0.200. The maximum Gasteiger partial charge on any atom is 0.416 e. The first-order chi connectivity index (χ1) is 11.2. The molecule has 130 valence electrons. The first kappa shape index (κ1) is 19.0. The predicted molar refractivity (Wildman–Crippen MR) is 83.4 cm³/mol. The number of hydrogen-bond donors (Lipinski definition) is 1. The second-order valence-electron chi connectivity index (χ2n) is 4.52. The van der Waals surface area contributed by atoms with Gasteiger partial charge in [-0.15, -0.1) is 0 Å². The molecule has 1 N–H and O–H groups in total. The lowest BCUT2D eigenvalue weighted by atomic mass is 10.2. The SMILES string of the molecule is OCc1c(SC(F)F)ccc(Oc2cccc(C(F)(F)F)c2)c1Br. The highest BCUT2D eigenvalue weighted by Crippen LogP contribution is 2.40. The maximum atomic E-state index is 12.7. The van der Waals surface area contributed by atoms with Crippen LogP contribution in [0, 0.1) is 0 Å². The third kappa shape index (κ3) is 4.61. The number of halogens is 6. The number of aliphatic hydroxyl groups excluding tert-OH is 1. The van der Waals surface area contributed by atoms with Crippen LogP contribution in [0.25, 0.3) is 0 Å². The standard InChI is InChI=1S/C15H10BrF5O2S/c16-13-10(7-22)12(24-14(17)18)5-4-11(13)23-9-3-1-2-8(6-9)15(19,20)21/h1-6,14,22H,7H2. The van der Waals surface area contributed by atoms with Gasteiger partial charge in [-0.2, -0.15) is 22.0 Å². The normalized spacial score (nSPS) is 11.8. The lowest BCUT2D eigenvalue weighted by Gasteiger charge is -2.15. The van der Waals surface area contributed by atoms with Crippen LogP contribution < -0.4 is 4.74 Å². The Morgan fingerprint density at radius 2 is 1.88 bits per heavy atom. The van der Waals surface area contributed by atoms with Crippen molar-refractivity contribution in [3.05, 3.63) is 52.0 Å². The predicted octanol–water partition coefficient (Wildman–Crippen LogP) is 6.07. The van der Waals surface area contributed by atoms with Crippen molar-refractivity contribution in [2.45, 2.75) is 23.4 Å². The van der Waals surface area contributed by atoms with Gasteiger partial charge in [-0.3, -0.25) is 0 Å². The summed E-state index contributed by atoms with van der Waals surface area (Å²) in [6, 6.07) is 6.92. The molecule has 2 aromatic carbocycles. The Kier molecular flexibility index (Phi) is 6.11. The topological polar surface area (TPSA) is 29.5 Å². The summed E-state index contributed by atoms with van der Waals surface area (Å²) >= 11 is 3.39. The smallest absolute Gasteiger partial charge is 0.416 e. The Balaban J connectivity index is 2.34. The fourth-order valence-corrected chi connectivity index (χ4v) is 3.21. The number of benzene rings is 2. The largest absolute Gasteiger partial charge is 0.456 e. The number of aliphatic hydroxyl groups is 1. The van der Waals surface area contributed by atoms with Crippen molar-refractivity contribution in [3.63, 3.8) is 0 Å². The molecule has 2 aromatic rings. The summed E-state index contributed by atoms with van der Waals surface area (Å²) < 4.78 is 68.7. The molecule has 0 bridgehead atoms. The Hall–Kier alpha value is -1.32. The Labute approximate surface area is 146 Å². The molecule has 0 spiro atoms. The summed E-state index contributed by atoms with van der Waals surface area (Å²) in [6.07, 6.45) is -4.51. The van der Waals surface area contributed by atoms with E-state index in [9.17, 15) is 27.1 Å². The van der Waals surface area contributed by atoms with Gasteiger partial charge in [0.1, 0.15) is 11.5 Å². The molecule has 2 nitrogen and oxygen atoms in total. The van der Waals surface area contributed by atoms with Crippen molar-refractivity contribution in [3.8, 4) is 11.5 Å². The molecule has 0 saturated carbocycles. The van der Waals surface area contributed by atoms with Gasteiger partial charge in [0, 0.05) is 10.5 Å². The van der Waals surface area contributed by atoms with Crippen molar-refractivity contribution in [2.24, 2.45) is 0 Å². The molecule has 2 rings (SSSR count). The van der Waals surface area contributed by atoms with Gasteiger partial charge in [0.25, 0.3) is 5.76 Å². The molecule has 24 heavy (non-hydrogen) atoms. The van der Waals surface area contributed by atoms with E-state index in [4.69, 9.17) is 4.74 Å². The minimum absolute atomic E-state index is 0.0660. The van der Waals surface area contributed by atoms with Gasteiger partial charge >= 0.3 is 6.18 Å². The van der Waals surface area contributed by atoms with E-state index in [-0.39, 0.29) is 38.2 Å². The average molecular weight is 429 g/mol. The molecule has 0 saturated heterocycles. The summed E-state index contributed by atoms with van der Waals surface area (Å²) in [6.45, 7) is -0.532. The summed E-state index contributed by atoms with van der Waals surface area (Å²) in [5.41, 5.74) is -0.701. The first-order valence-electron chi connectivity index (χ1n) is 6.44. The van der Waals surface area contributed by atoms with E-state index in [2.05, 4.69) is 15.9 Å². The van der Waals surface area contributed by atoms with Crippen LogP contribution in [0.15, 0.2) is 45.8 Å². The Bertz CT molecular complexity index is 721. The number of rotatable bonds is 5. The lowest BCUT2D eigenvalue weighted by molar-refractivity contribution is -0.137. The zero-order valence-corrected chi connectivity index (χ0v) is 14.2. The molecule has 0 atom stereocenters. The van der Waals surface area contributed by atoms with Crippen molar-refractivity contribution in [2.75, 3.05) is 0 Å². The van der Waals surface area contributed by atoms with E-state index in [1.54, 1.807) is 0 Å². The van der Waals surface area contributed by atoms with Gasteiger partial charge in [-0.25, -0.2) is 0 Å². The molecular weight excluding hydrogens is 419 g/mol. The van der Waals surface area contributed by atoms with Gasteiger partial charge < -0.3 is 9.84 Å². The second-order valence-corrected chi connectivity index (χ2v) is 6.34. The highest BCUT2D eigenvalue weighted by molar-refractivity contribution is 9.10. The van der Waals surface area contributed by atoms with Crippen LogP contribution in [0.4, 0.5) is 22.0 Å².